The molecule has 8 heteroatoms. The maximum absolute atomic E-state index is 13.8. The normalized spacial score (nSPS) is 11.0. The number of hydrogen-bond donors (Lipinski definition) is 1. The van der Waals surface area contributed by atoms with Gasteiger partial charge in [0, 0.05) is 5.38 Å². The fourth-order valence-electron chi connectivity index (χ4n) is 1.75. The number of carbonyl (C=O) groups is 1. The monoisotopic (exact) mass is 339 g/mol. The Morgan fingerprint density at radius 1 is 1.48 bits per heavy atom. The van der Waals surface area contributed by atoms with E-state index in [1.54, 1.807) is 19.2 Å². The first-order valence-electron chi connectivity index (χ1n) is 6.85. The van der Waals surface area contributed by atoms with Gasteiger partial charge in [-0.05, 0) is 25.5 Å². The molecule has 0 atom stereocenters. The molecule has 0 spiro atoms. The van der Waals surface area contributed by atoms with Gasteiger partial charge in [-0.1, -0.05) is 6.07 Å². The van der Waals surface area contributed by atoms with Crippen LogP contribution in [-0.2, 0) is 16.0 Å². The Labute approximate surface area is 136 Å². The summed E-state index contributed by atoms with van der Waals surface area (Å²) in [5, 5.41) is 5.87. The molecule has 122 valence electrons. The largest absolute Gasteiger partial charge is 0.466 e. The van der Waals surface area contributed by atoms with Gasteiger partial charge in [0.15, 0.2) is 0 Å². The lowest BCUT2D eigenvalue weighted by Crippen LogP contribution is -2.07. The number of benzene rings is 1. The predicted molar refractivity (Wildman–Crippen MR) is 84.8 cm³/mol. The third-order valence-corrected chi connectivity index (χ3v) is 3.65. The molecule has 0 saturated carbocycles. The average molecular weight is 339 g/mol. The minimum atomic E-state index is -0.694. The van der Waals surface area contributed by atoms with Gasteiger partial charge in [0.2, 0.25) is 5.13 Å². The van der Waals surface area contributed by atoms with Crippen LogP contribution in [0.15, 0.2) is 22.6 Å². The van der Waals surface area contributed by atoms with Gasteiger partial charge in [0.05, 0.1) is 30.5 Å². The number of nitrogens with zero attached hydrogens (tertiary/aromatic N) is 2. The molecule has 2 aromatic rings. The first kappa shape index (κ1) is 17.0. The second kappa shape index (κ2) is 7.77. The molecule has 2 rings (SSSR count). The molecule has 23 heavy (non-hydrogen) atoms. The molecule has 0 amide bonds. The van der Waals surface area contributed by atoms with Crippen LogP contribution < -0.4 is 5.43 Å². The molecule has 5 nitrogen and oxygen atoms in total. The standard InChI is InChI=1S/C15H15F2N3O2S/c1-3-22-13(21)6-10-8-23-15(19-10)20-18-7-11-12(16)5-4-9(2)14(11)17/h4-5,7-8H,3,6H2,1-2H3,(H,19,20). The summed E-state index contributed by atoms with van der Waals surface area (Å²) in [5.74, 6) is -1.71. The number of thiazole rings is 1. The van der Waals surface area contributed by atoms with Crippen molar-refractivity contribution in [1.82, 2.24) is 4.98 Å². The molecule has 0 fully saturated rings. The first-order valence-corrected chi connectivity index (χ1v) is 7.73. The number of aromatic nitrogens is 1. The lowest BCUT2D eigenvalue weighted by Gasteiger charge is -2.02. The van der Waals surface area contributed by atoms with E-state index in [4.69, 9.17) is 4.74 Å². The summed E-state index contributed by atoms with van der Waals surface area (Å²) < 4.78 is 32.2. The molecule has 0 radical (unpaired) electrons. The number of halogens is 2. The number of rotatable bonds is 6. The number of hydrazone groups is 1. The molecule has 1 heterocycles. The van der Waals surface area contributed by atoms with Crippen molar-refractivity contribution < 1.29 is 18.3 Å². The number of ether oxygens (including phenoxy) is 1. The predicted octanol–water partition coefficient (Wildman–Crippen LogP) is 3.28. The number of esters is 1. The van der Waals surface area contributed by atoms with Gasteiger partial charge in [-0.3, -0.25) is 10.2 Å². The average Bonchev–Trinajstić information content (AvgIpc) is 2.94. The van der Waals surface area contributed by atoms with Gasteiger partial charge in [0.1, 0.15) is 11.6 Å². The summed E-state index contributed by atoms with van der Waals surface area (Å²) in [6.45, 7) is 3.58. The number of hydrogen-bond acceptors (Lipinski definition) is 6. The van der Waals surface area contributed by atoms with Gasteiger partial charge >= 0.3 is 5.97 Å². The molecule has 1 aromatic carbocycles. The number of anilines is 1. The maximum atomic E-state index is 13.8. The molecular formula is C15H15F2N3O2S. The van der Waals surface area contributed by atoms with E-state index in [0.717, 1.165) is 6.21 Å². The van der Waals surface area contributed by atoms with Crippen molar-refractivity contribution in [3.8, 4) is 0 Å². The highest BCUT2D eigenvalue weighted by Gasteiger charge is 2.10. The van der Waals surface area contributed by atoms with Gasteiger partial charge in [-0.15, -0.1) is 11.3 Å². The van der Waals surface area contributed by atoms with E-state index >= 15 is 0 Å². The van der Waals surface area contributed by atoms with Crippen molar-refractivity contribution in [2.75, 3.05) is 12.0 Å². The van der Waals surface area contributed by atoms with Gasteiger partial charge in [-0.25, -0.2) is 13.8 Å². The highest BCUT2D eigenvalue weighted by Crippen LogP contribution is 2.17. The number of nitrogens with one attached hydrogen (secondary N) is 1. The lowest BCUT2D eigenvalue weighted by atomic mass is 10.1. The van der Waals surface area contributed by atoms with E-state index in [2.05, 4.69) is 15.5 Å². The number of carbonyl (C=O) groups excluding carboxylic acids is 1. The van der Waals surface area contributed by atoms with E-state index in [1.807, 2.05) is 0 Å². The van der Waals surface area contributed by atoms with Gasteiger partial charge in [-0.2, -0.15) is 5.10 Å². The van der Waals surface area contributed by atoms with Crippen LogP contribution in [-0.4, -0.2) is 23.8 Å². The lowest BCUT2D eigenvalue weighted by molar-refractivity contribution is -0.142. The Balaban J connectivity index is 2.00. The zero-order valence-electron chi connectivity index (χ0n) is 12.6. The second-order valence-electron chi connectivity index (χ2n) is 4.59. The van der Waals surface area contributed by atoms with Crippen molar-refractivity contribution >= 4 is 28.7 Å². The minimum Gasteiger partial charge on any atom is -0.466 e. The third-order valence-electron chi connectivity index (χ3n) is 2.86. The van der Waals surface area contributed by atoms with E-state index in [1.165, 1.54) is 23.5 Å². The molecule has 1 aromatic heterocycles. The molecule has 1 N–H and O–H groups in total. The highest BCUT2D eigenvalue weighted by molar-refractivity contribution is 7.13. The Kier molecular flexibility index (Phi) is 5.75. The smallest absolute Gasteiger partial charge is 0.311 e. The van der Waals surface area contributed by atoms with E-state index in [-0.39, 0.29) is 18.0 Å². The summed E-state index contributed by atoms with van der Waals surface area (Å²) in [6.07, 6.45) is 1.13. The first-order chi connectivity index (χ1) is 11.0. The van der Waals surface area contributed by atoms with Crippen molar-refractivity contribution in [2.45, 2.75) is 20.3 Å². The van der Waals surface area contributed by atoms with E-state index in [9.17, 15) is 13.6 Å². The fourth-order valence-corrected chi connectivity index (χ4v) is 2.41. The molecule has 0 bridgehead atoms. The Morgan fingerprint density at radius 3 is 3.00 bits per heavy atom. The van der Waals surface area contributed by atoms with E-state index in [0.29, 0.717) is 23.0 Å². The van der Waals surface area contributed by atoms with Crippen LogP contribution in [0.1, 0.15) is 23.7 Å². The topological polar surface area (TPSA) is 63.6 Å². The van der Waals surface area contributed by atoms with Crippen LogP contribution >= 0.6 is 11.3 Å². The summed E-state index contributed by atoms with van der Waals surface area (Å²) in [6, 6.07) is 2.54. The molecular weight excluding hydrogens is 324 g/mol. The Morgan fingerprint density at radius 2 is 2.26 bits per heavy atom. The summed E-state index contributed by atoms with van der Waals surface area (Å²) >= 11 is 1.23. The summed E-state index contributed by atoms with van der Waals surface area (Å²) in [4.78, 5) is 15.5. The van der Waals surface area contributed by atoms with Gasteiger partial charge < -0.3 is 4.74 Å². The van der Waals surface area contributed by atoms with Gasteiger partial charge in [0.25, 0.3) is 0 Å². The van der Waals surface area contributed by atoms with Crippen LogP contribution in [0, 0.1) is 18.6 Å². The summed E-state index contributed by atoms with van der Waals surface area (Å²) in [5.41, 5.74) is 3.24. The second-order valence-corrected chi connectivity index (χ2v) is 5.45. The zero-order chi connectivity index (χ0) is 16.8. The van der Waals surface area contributed by atoms with Crippen LogP contribution in [0.25, 0.3) is 0 Å². The quantitative estimate of drug-likeness (QED) is 0.498. The highest BCUT2D eigenvalue weighted by atomic mass is 32.1. The molecule has 0 aliphatic rings. The van der Waals surface area contributed by atoms with Crippen molar-refractivity contribution in [2.24, 2.45) is 5.10 Å². The van der Waals surface area contributed by atoms with Crippen LogP contribution in [0.3, 0.4) is 0 Å². The minimum absolute atomic E-state index is 0.0663. The van der Waals surface area contributed by atoms with Crippen molar-refractivity contribution in [1.29, 1.82) is 0 Å². The third kappa shape index (κ3) is 4.56. The van der Waals surface area contributed by atoms with Crippen molar-refractivity contribution in [3.05, 3.63) is 46.0 Å². The Hall–Kier alpha value is -2.35. The summed E-state index contributed by atoms with van der Waals surface area (Å²) in [7, 11) is 0. The van der Waals surface area contributed by atoms with Crippen LogP contribution in [0.5, 0.6) is 0 Å². The molecule has 0 aliphatic carbocycles. The van der Waals surface area contributed by atoms with E-state index < -0.39 is 11.6 Å². The van der Waals surface area contributed by atoms with Crippen LogP contribution in [0.2, 0.25) is 0 Å². The molecule has 0 unspecified atom stereocenters. The number of aryl methyl sites for hydroxylation is 1. The van der Waals surface area contributed by atoms with Crippen molar-refractivity contribution in [3.63, 3.8) is 0 Å². The SMILES string of the molecule is CCOC(=O)Cc1csc(NN=Cc2c(F)ccc(C)c2F)n1. The zero-order valence-corrected chi connectivity index (χ0v) is 13.4. The molecule has 0 saturated heterocycles. The fraction of sp³-hybridized carbons (Fsp3) is 0.267. The van der Waals surface area contributed by atoms with Crippen LogP contribution in [0.4, 0.5) is 13.9 Å². The molecule has 0 aliphatic heterocycles. The Bertz CT molecular complexity index is 732. The maximum Gasteiger partial charge on any atom is 0.311 e.